The molecule has 0 spiro atoms. The second-order valence-electron chi connectivity index (χ2n) is 5.18. The van der Waals surface area contributed by atoms with E-state index in [1.807, 2.05) is 0 Å². The fourth-order valence-electron chi connectivity index (χ4n) is 2.62. The van der Waals surface area contributed by atoms with Crippen molar-refractivity contribution >= 4 is 11.6 Å². The molecule has 0 heterocycles. The van der Waals surface area contributed by atoms with Crippen LogP contribution in [0, 0.1) is 17.0 Å². The molecule has 4 heteroatoms. The lowest BCUT2D eigenvalue weighted by atomic mass is 9.88. The molecule has 1 saturated carbocycles. The molecule has 0 atom stereocenters. The third-order valence-electron chi connectivity index (χ3n) is 3.77. The van der Waals surface area contributed by atoms with Crippen molar-refractivity contribution in [2.24, 2.45) is 5.41 Å². The first kappa shape index (κ1) is 13.8. The maximum Gasteiger partial charge on any atom is 0.127 e. The van der Waals surface area contributed by atoms with Gasteiger partial charge in [-0.3, -0.25) is 0 Å². The highest BCUT2D eigenvalue weighted by atomic mass is 35.5. The molecule has 1 aromatic rings. The smallest absolute Gasteiger partial charge is 0.127 e. The molecule has 1 N–H and O–H groups in total. The topological polar surface area (TPSA) is 12.0 Å². The molecule has 0 saturated heterocycles. The number of alkyl halides is 1. The van der Waals surface area contributed by atoms with Crippen LogP contribution in [0.2, 0.25) is 0 Å². The van der Waals surface area contributed by atoms with Gasteiger partial charge in [0.25, 0.3) is 0 Å². The first-order valence-corrected chi connectivity index (χ1v) is 6.89. The summed E-state index contributed by atoms with van der Waals surface area (Å²) in [6, 6.07) is 3.54. The Bertz CT molecular complexity index is 403. The molecule has 0 aliphatic heterocycles. The van der Waals surface area contributed by atoms with Gasteiger partial charge in [0.2, 0.25) is 0 Å². The summed E-state index contributed by atoms with van der Waals surface area (Å²) in [5, 5.41) is 3.21. The van der Waals surface area contributed by atoms with Crippen molar-refractivity contribution in [3.63, 3.8) is 0 Å². The van der Waals surface area contributed by atoms with Crippen LogP contribution in [0.15, 0.2) is 18.2 Å². The molecule has 0 aromatic heterocycles. The van der Waals surface area contributed by atoms with Gasteiger partial charge in [-0.05, 0) is 36.5 Å². The summed E-state index contributed by atoms with van der Waals surface area (Å²) < 4.78 is 26.4. The van der Waals surface area contributed by atoms with E-state index < -0.39 is 5.82 Å². The van der Waals surface area contributed by atoms with Crippen molar-refractivity contribution in [1.82, 2.24) is 5.32 Å². The van der Waals surface area contributed by atoms with Crippen LogP contribution in [-0.2, 0) is 6.54 Å². The Kier molecular flexibility index (Phi) is 4.57. The van der Waals surface area contributed by atoms with E-state index in [9.17, 15) is 8.78 Å². The van der Waals surface area contributed by atoms with Gasteiger partial charge >= 0.3 is 0 Å². The van der Waals surface area contributed by atoms with Gasteiger partial charge in [0.1, 0.15) is 11.6 Å². The molecular formula is C14H18ClF2N. The number of hydrogen-bond donors (Lipinski definition) is 1. The second kappa shape index (κ2) is 5.98. The Morgan fingerprint density at radius 3 is 2.61 bits per heavy atom. The van der Waals surface area contributed by atoms with E-state index in [2.05, 4.69) is 5.32 Å². The maximum absolute atomic E-state index is 13.4. The van der Waals surface area contributed by atoms with Crippen LogP contribution < -0.4 is 5.32 Å². The number of benzene rings is 1. The molecule has 1 nitrogen and oxygen atoms in total. The maximum atomic E-state index is 13.4. The molecular weight excluding hydrogens is 256 g/mol. The van der Waals surface area contributed by atoms with E-state index in [-0.39, 0.29) is 11.2 Å². The number of halogens is 3. The van der Waals surface area contributed by atoms with Gasteiger partial charge in [0.05, 0.1) is 0 Å². The van der Waals surface area contributed by atoms with E-state index in [4.69, 9.17) is 11.6 Å². The van der Waals surface area contributed by atoms with E-state index in [0.29, 0.717) is 18.0 Å². The summed E-state index contributed by atoms with van der Waals surface area (Å²) in [5.74, 6) is -0.137. The zero-order valence-corrected chi connectivity index (χ0v) is 11.1. The predicted molar refractivity (Wildman–Crippen MR) is 69.7 cm³/mol. The van der Waals surface area contributed by atoms with E-state index >= 15 is 0 Å². The number of nitrogens with one attached hydrogen (secondary N) is 1. The van der Waals surface area contributed by atoms with Crippen molar-refractivity contribution in [3.8, 4) is 0 Å². The fraction of sp³-hybridized carbons (Fsp3) is 0.571. The molecule has 18 heavy (non-hydrogen) atoms. The van der Waals surface area contributed by atoms with Crippen LogP contribution in [-0.4, -0.2) is 12.4 Å². The zero-order valence-electron chi connectivity index (χ0n) is 10.3. The standard InChI is InChI=1S/C14H18ClF2N/c15-9-14(5-1-2-6-14)10-18-8-11-7-12(16)3-4-13(11)17/h3-4,7,18H,1-2,5-6,8-10H2. The lowest BCUT2D eigenvalue weighted by molar-refractivity contribution is 0.319. The van der Waals surface area contributed by atoms with Crippen molar-refractivity contribution in [2.45, 2.75) is 32.2 Å². The third-order valence-corrected chi connectivity index (χ3v) is 4.34. The SMILES string of the molecule is Fc1ccc(F)c(CNCC2(CCl)CCCC2)c1. The lowest BCUT2D eigenvalue weighted by Gasteiger charge is -2.26. The molecule has 2 rings (SSSR count). The quantitative estimate of drug-likeness (QED) is 0.804. The average molecular weight is 274 g/mol. The Morgan fingerprint density at radius 2 is 1.94 bits per heavy atom. The summed E-state index contributed by atoms with van der Waals surface area (Å²) in [7, 11) is 0. The minimum Gasteiger partial charge on any atom is -0.312 e. The average Bonchev–Trinajstić information content (AvgIpc) is 2.83. The van der Waals surface area contributed by atoms with Gasteiger partial charge in [-0.15, -0.1) is 11.6 Å². The molecule has 1 aliphatic carbocycles. The monoisotopic (exact) mass is 273 g/mol. The Morgan fingerprint density at radius 1 is 1.22 bits per heavy atom. The third kappa shape index (κ3) is 3.21. The molecule has 0 unspecified atom stereocenters. The highest BCUT2D eigenvalue weighted by Gasteiger charge is 2.32. The summed E-state index contributed by atoms with van der Waals surface area (Å²) in [6.07, 6.45) is 4.66. The van der Waals surface area contributed by atoms with Gasteiger partial charge < -0.3 is 5.32 Å². The Balaban J connectivity index is 1.89. The van der Waals surface area contributed by atoms with Crippen LogP contribution >= 0.6 is 11.6 Å². The fourth-order valence-corrected chi connectivity index (χ4v) is 2.99. The predicted octanol–water partition coefficient (Wildman–Crippen LogP) is 3.85. The second-order valence-corrected chi connectivity index (χ2v) is 5.45. The molecule has 1 aliphatic rings. The Hall–Kier alpha value is -0.670. The van der Waals surface area contributed by atoms with Crippen LogP contribution in [0.3, 0.4) is 0 Å². The van der Waals surface area contributed by atoms with Crippen molar-refractivity contribution in [1.29, 1.82) is 0 Å². The van der Waals surface area contributed by atoms with E-state index in [0.717, 1.165) is 25.5 Å². The normalized spacial score (nSPS) is 18.2. The minimum absolute atomic E-state index is 0.144. The van der Waals surface area contributed by atoms with Gasteiger partial charge in [-0.25, -0.2) is 8.78 Å². The van der Waals surface area contributed by atoms with Gasteiger partial charge in [-0.2, -0.15) is 0 Å². The first-order chi connectivity index (χ1) is 8.65. The number of rotatable bonds is 5. The van der Waals surface area contributed by atoms with E-state index in [1.165, 1.54) is 25.0 Å². The summed E-state index contributed by atoms with van der Waals surface area (Å²) in [6.45, 7) is 1.12. The molecule has 0 bridgehead atoms. The van der Waals surface area contributed by atoms with Gasteiger partial charge in [0, 0.05) is 24.5 Å². The van der Waals surface area contributed by atoms with E-state index in [1.54, 1.807) is 0 Å². The summed E-state index contributed by atoms with van der Waals surface area (Å²) >= 11 is 6.03. The molecule has 100 valence electrons. The van der Waals surface area contributed by atoms with Gasteiger partial charge in [0.15, 0.2) is 0 Å². The largest absolute Gasteiger partial charge is 0.312 e. The van der Waals surface area contributed by atoms with Crippen LogP contribution in [0.1, 0.15) is 31.2 Å². The van der Waals surface area contributed by atoms with Crippen LogP contribution in [0.4, 0.5) is 8.78 Å². The zero-order chi connectivity index (χ0) is 13.0. The van der Waals surface area contributed by atoms with Crippen molar-refractivity contribution < 1.29 is 8.78 Å². The minimum atomic E-state index is -0.402. The summed E-state index contributed by atoms with van der Waals surface area (Å²) in [4.78, 5) is 0. The first-order valence-electron chi connectivity index (χ1n) is 6.36. The molecule has 0 radical (unpaired) electrons. The lowest BCUT2D eigenvalue weighted by Crippen LogP contribution is -2.33. The number of hydrogen-bond acceptors (Lipinski definition) is 1. The molecule has 1 fully saturated rings. The van der Waals surface area contributed by atoms with Crippen LogP contribution in [0.5, 0.6) is 0 Å². The molecule has 1 aromatic carbocycles. The van der Waals surface area contributed by atoms with Crippen molar-refractivity contribution in [2.75, 3.05) is 12.4 Å². The van der Waals surface area contributed by atoms with Crippen molar-refractivity contribution in [3.05, 3.63) is 35.4 Å². The summed E-state index contributed by atoms with van der Waals surface area (Å²) in [5.41, 5.74) is 0.517. The van der Waals surface area contributed by atoms with Gasteiger partial charge in [-0.1, -0.05) is 12.8 Å². The highest BCUT2D eigenvalue weighted by Crippen LogP contribution is 2.38. The Labute approximate surface area is 112 Å². The van der Waals surface area contributed by atoms with Crippen LogP contribution in [0.25, 0.3) is 0 Å². The highest BCUT2D eigenvalue weighted by molar-refractivity contribution is 6.18. The molecule has 0 amide bonds.